The third-order valence-corrected chi connectivity index (χ3v) is 14.7. The molecule has 0 fully saturated rings. The largest absolute Gasteiger partial charge is 2.00 e. The fourth-order valence-corrected chi connectivity index (χ4v) is 10.5. The summed E-state index contributed by atoms with van der Waals surface area (Å²) in [5, 5.41) is 3.57. The smallest absolute Gasteiger partial charge is 1.00 e. The number of nitrogens with one attached hydrogen (secondary N) is 4. The number of hydrogen-bond donors (Lipinski definition) is 4. The van der Waals surface area contributed by atoms with Gasteiger partial charge < -0.3 is 53.9 Å². The monoisotopic (exact) mass is 1440 g/mol. The average molecular weight is 1440 g/mol. The van der Waals surface area contributed by atoms with E-state index in [1.54, 1.807) is 42.7 Å². The number of fused-ring (bicyclic) bond motifs is 20. The second-order valence-corrected chi connectivity index (χ2v) is 25.9. The summed E-state index contributed by atoms with van der Waals surface area (Å²) >= 11 is 1.14. The molecule has 13 rings (SSSR count). The third kappa shape index (κ3) is 19.4. The van der Waals surface area contributed by atoms with E-state index in [0.29, 0.717) is 62.9 Å². The Bertz CT molecular complexity index is 4320. The van der Waals surface area contributed by atoms with Gasteiger partial charge in [-0.05, 0) is 97.8 Å². The fourth-order valence-electron chi connectivity index (χ4n) is 8.69. The van der Waals surface area contributed by atoms with E-state index in [1.165, 1.54) is 5.56 Å². The van der Waals surface area contributed by atoms with Crippen LogP contribution in [0, 0.1) is 27.7 Å². The number of benzene rings is 8. The van der Waals surface area contributed by atoms with E-state index in [-0.39, 0.29) is 41.0 Å². The Morgan fingerprint density at radius 1 is 0.356 bits per heavy atom. The summed E-state index contributed by atoms with van der Waals surface area (Å²) in [5.41, 5.74) is 15.6. The van der Waals surface area contributed by atoms with E-state index in [2.05, 4.69) is 29.0 Å². The molecule has 0 spiro atoms. The number of sulfonamides is 3. The van der Waals surface area contributed by atoms with E-state index in [0.717, 1.165) is 97.0 Å². The van der Waals surface area contributed by atoms with Gasteiger partial charge in [-0.2, -0.15) is 0 Å². The minimum atomic E-state index is -3.14. The van der Waals surface area contributed by atoms with E-state index >= 15 is 0 Å². The average Bonchev–Trinajstić information content (AvgIpc) is 1.63. The summed E-state index contributed by atoms with van der Waals surface area (Å²) in [6.45, 7) is 7.88. The molecule has 11 aromatic rings. The van der Waals surface area contributed by atoms with Crippen LogP contribution in [-0.2, 0) is 56.5 Å². The molecule has 0 amide bonds. The maximum atomic E-state index is 10.8. The molecular formula is C64H60CuIN12O8S4-. The third-order valence-electron chi connectivity index (χ3n) is 12.7. The molecule has 5 heterocycles. The Hall–Kier alpha value is -8.31. The normalized spacial score (nSPS) is 11.1. The second-order valence-electron chi connectivity index (χ2n) is 20.2. The minimum absolute atomic E-state index is 0. The van der Waals surface area contributed by atoms with Crippen molar-refractivity contribution < 1.29 is 75.6 Å². The Morgan fingerprint density at radius 2 is 0.589 bits per heavy atom. The second kappa shape index (κ2) is 30.9. The number of hydrogen-bond acceptors (Lipinski definition) is 16. The summed E-state index contributed by atoms with van der Waals surface area (Å²) in [5.74, 6) is 2.21. The summed E-state index contributed by atoms with van der Waals surface area (Å²) in [6, 6.07) is 61.2. The Balaban J connectivity index is 0.000000189. The van der Waals surface area contributed by atoms with Crippen LogP contribution in [0.2, 0.25) is 0 Å². The molecule has 26 heteroatoms. The minimum Gasteiger partial charge on any atom is -1.00 e. The molecule has 0 aliphatic carbocycles. The maximum absolute atomic E-state index is 10.8. The molecule has 2 aliphatic heterocycles. The Labute approximate surface area is 554 Å². The molecular weight excluding hydrogens is 1380 g/mol. The van der Waals surface area contributed by atoms with Gasteiger partial charge in [0.15, 0.2) is 0 Å². The van der Waals surface area contributed by atoms with Gasteiger partial charge in [-0.1, -0.05) is 168 Å². The predicted molar refractivity (Wildman–Crippen MR) is 353 cm³/mol. The van der Waals surface area contributed by atoms with Crippen LogP contribution in [-0.4, -0.2) is 80.2 Å². The van der Waals surface area contributed by atoms with Crippen LogP contribution in [0.4, 0.5) is 22.7 Å². The Morgan fingerprint density at radius 3 is 0.822 bits per heavy atom. The van der Waals surface area contributed by atoms with E-state index in [4.69, 9.17) is 39.9 Å². The number of aromatic nitrogens is 8. The van der Waals surface area contributed by atoms with E-state index in [1.807, 2.05) is 185 Å². The predicted octanol–water partition coefficient (Wildman–Crippen LogP) is 9.78. The van der Waals surface area contributed by atoms with Crippen LogP contribution in [0.25, 0.3) is 89.7 Å². The summed E-state index contributed by atoms with van der Waals surface area (Å²) in [7, 11) is -9.42. The van der Waals surface area contributed by atoms with Gasteiger partial charge in [-0.15, -0.1) is 9.32 Å². The number of aryl methyl sites for hydroxylation is 4. The molecule has 1 radical (unpaired) electrons. The molecule has 3 aromatic heterocycles. The van der Waals surface area contributed by atoms with Crippen molar-refractivity contribution in [3.05, 3.63) is 216 Å². The van der Waals surface area contributed by atoms with Gasteiger partial charge in [-0.3, -0.25) is 14.2 Å². The van der Waals surface area contributed by atoms with Crippen LogP contribution in [0.5, 0.6) is 0 Å². The van der Waals surface area contributed by atoms with Crippen molar-refractivity contribution in [3.8, 4) is 45.6 Å². The van der Waals surface area contributed by atoms with Crippen molar-refractivity contribution >= 4 is 109 Å². The molecule has 4 N–H and O–H groups in total. The first-order valence-corrected chi connectivity index (χ1v) is 33.8. The zero-order valence-electron chi connectivity index (χ0n) is 49.6. The standard InChI is InChI=1S/C32H16N8.4C8H11NO2S.Cu.HI/c1-2-10-18-17(9-1)25-33-26(18)38-28-21-13-5-6-14-22(21)30(35-28)40-32-24-16-8-7-15-23(24)31(36-32)39-29-20-12-4-3-11-19(20)27(34-29)37-25;3*1-7-3-5-8(6-4-7)9-12(2,10)11;1-7-3-5-8(6-4-7)9-10-11-12-2;;/h1-16H;4*3-6,9H,1-2H3;;1H/q-2;;;;;+2;/p-1. The molecule has 2 aliphatic rings. The van der Waals surface area contributed by atoms with Crippen LogP contribution >= 0.6 is 12.0 Å². The summed E-state index contributed by atoms with van der Waals surface area (Å²) in [4.78, 5) is 43.9. The van der Waals surface area contributed by atoms with Crippen molar-refractivity contribution in [2.45, 2.75) is 27.7 Å². The quantitative estimate of drug-likeness (QED) is 0.0248. The van der Waals surface area contributed by atoms with Gasteiger partial charge in [0.25, 0.3) is 0 Å². The molecule has 0 unspecified atom stereocenters. The fraction of sp³-hybridized carbons (Fsp3) is 0.125. The SMILES string of the molecule is CSOONc1ccc(C)cc1.Cc1ccc(NS(C)(=O)=O)cc1.Cc1ccc(NS(C)(=O)=O)cc1.Cc1ccc(NS(C)(=O)=O)cc1.[Cu+2].[I-].c1ccc2c(c1)-c1nc-2nc2[n-]c(nc3nc(nc4[n-]c(n1)c1ccccc41)-c1ccccc1-3)c1ccccc21. The zero-order chi connectivity index (χ0) is 62.6. The van der Waals surface area contributed by atoms with Crippen molar-refractivity contribution in [1.29, 1.82) is 0 Å². The maximum Gasteiger partial charge on any atom is 2.00 e. The van der Waals surface area contributed by atoms with Crippen molar-refractivity contribution in [1.82, 2.24) is 39.9 Å². The van der Waals surface area contributed by atoms with Crippen LogP contribution in [0.1, 0.15) is 22.3 Å². The topological polar surface area (TPSA) is 275 Å². The first-order valence-electron chi connectivity index (χ1n) is 27.0. The molecule has 8 aromatic carbocycles. The van der Waals surface area contributed by atoms with Crippen LogP contribution in [0.15, 0.2) is 194 Å². The van der Waals surface area contributed by atoms with Crippen molar-refractivity contribution in [2.75, 3.05) is 44.7 Å². The first-order chi connectivity index (χ1) is 42.0. The van der Waals surface area contributed by atoms with Crippen molar-refractivity contribution in [3.63, 3.8) is 0 Å². The number of rotatable bonds is 10. The zero-order valence-corrected chi connectivity index (χ0v) is 56.0. The van der Waals surface area contributed by atoms with Gasteiger partial charge in [0.05, 0.1) is 47.8 Å². The molecule has 467 valence electrons. The van der Waals surface area contributed by atoms with E-state index in [9.17, 15) is 25.3 Å². The summed E-state index contributed by atoms with van der Waals surface area (Å²) < 4.78 is 76.4. The van der Waals surface area contributed by atoms with Gasteiger partial charge in [0.2, 0.25) is 30.1 Å². The van der Waals surface area contributed by atoms with E-state index < -0.39 is 30.1 Å². The van der Waals surface area contributed by atoms with Gasteiger partial charge >= 0.3 is 17.1 Å². The first kappa shape index (κ1) is 69.2. The Kier molecular flexibility index (Phi) is 23.8. The molecule has 0 saturated carbocycles. The van der Waals surface area contributed by atoms with Gasteiger partial charge in [-0.25, -0.2) is 40.7 Å². The van der Waals surface area contributed by atoms with Crippen molar-refractivity contribution in [2.24, 2.45) is 0 Å². The van der Waals surface area contributed by atoms with Gasteiger partial charge in [0.1, 0.15) is 0 Å². The summed E-state index contributed by atoms with van der Waals surface area (Å²) in [6.07, 6.45) is 5.17. The number of anilines is 4. The molecule has 90 heavy (non-hydrogen) atoms. The van der Waals surface area contributed by atoms with Crippen LogP contribution in [0.3, 0.4) is 0 Å². The van der Waals surface area contributed by atoms with Gasteiger partial charge in [0, 0.05) is 80.2 Å². The number of halogens is 1. The molecule has 20 nitrogen and oxygen atoms in total. The number of nitrogens with zero attached hydrogens (tertiary/aromatic N) is 8. The molecule has 8 bridgehead atoms. The molecule has 0 saturated heterocycles. The van der Waals surface area contributed by atoms with Crippen LogP contribution < -0.4 is 53.6 Å². The molecule has 0 atom stereocenters.